The molecule has 3 nitrogen and oxygen atoms in total. The molecule has 0 fully saturated rings. The van der Waals surface area contributed by atoms with E-state index in [1.807, 2.05) is 0 Å². The third-order valence-corrected chi connectivity index (χ3v) is 3.88. The Bertz CT molecular complexity index is 496. The Morgan fingerprint density at radius 3 is 2.32 bits per heavy atom. The lowest BCUT2D eigenvalue weighted by molar-refractivity contribution is 0.0556. The summed E-state index contributed by atoms with van der Waals surface area (Å²) in [6, 6.07) is 6.96. The maximum absolute atomic E-state index is 11.6. The summed E-state index contributed by atoms with van der Waals surface area (Å²) in [7, 11) is 0. The molecular formula is C19H26O3. The first-order valence-electron chi connectivity index (χ1n) is 7.81. The fourth-order valence-corrected chi connectivity index (χ4v) is 1.98. The summed E-state index contributed by atoms with van der Waals surface area (Å²) in [5, 5.41) is 0. The van der Waals surface area contributed by atoms with Gasteiger partial charge >= 0.3 is 5.97 Å². The molecule has 2 atom stereocenters. The molecule has 0 bridgehead atoms. The van der Waals surface area contributed by atoms with Crippen molar-refractivity contribution in [1.29, 1.82) is 0 Å². The van der Waals surface area contributed by atoms with Crippen molar-refractivity contribution in [1.82, 2.24) is 0 Å². The van der Waals surface area contributed by atoms with Gasteiger partial charge in [-0.15, -0.1) is 6.42 Å². The van der Waals surface area contributed by atoms with Crippen LogP contribution >= 0.6 is 0 Å². The third-order valence-electron chi connectivity index (χ3n) is 3.88. The highest BCUT2D eigenvalue weighted by atomic mass is 16.5. The maximum Gasteiger partial charge on any atom is 0.339 e. The Labute approximate surface area is 134 Å². The Morgan fingerprint density at radius 1 is 1.14 bits per heavy atom. The Hall–Kier alpha value is -1.95. The summed E-state index contributed by atoms with van der Waals surface area (Å²) in [5.74, 6) is 4.01. The van der Waals surface area contributed by atoms with E-state index in [1.165, 1.54) is 0 Å². The van der Waals surface area contributed by atoms with E-state index >= 15 is 0 Å². The highest BCUT2D eigenvalue weighted by Gasteiger charge is 2.11. The minimum atomic E-state index is -0.414. The van der Waals surface area contributed by atoms with Crippen LogP contribution in [0.4, 0.5) is 0 Å². The molecule has 0 N–H and O–H groups in total. The summed E-state index contributed by atoms with van der Waals surface area (Å²) in [6.07, 6.45) is 7.38. The van der Waals surface area contributed by atoms with E-state index < -0.39 is 5.97 Å². The molecule has 0 radical (unpaired) electrons. The van der Waals surface area contributed by atoms with Crippen LogP contribution in [-0.2, 0) is 4.74 Å². The van der Waals surface area contributed by atoms with Gasteiger partial charge < -0.3 is 9.47 Å². The normalized spacial score (nSPS) is 13.3. The Kier molecular flexibility index (Phi) is 7.52. The monoisotopic (exact) mass is 302 g/mol. The lowest BCUT2D eigenvalue weighted by Crippen LogP contribution is -2.15. The van der Waals surface area contributed by atoms with Crippen molar-refractivity contribution in [3.05, 3.63) is 29.8 Å². The first-order valence-corrected chi connectivity index (χ1v) is 7.81. The molecule has 22 heavy (non-hydrogen) atoms. The molecule has 3 heteroatoms. The molecular weight excluding hydrogens is 276 g/mol. The molecule has 0 aliphatic heterocycles. The van der Waals surface area contributed by atoms with Gasteiger partial charge in [-0.25, -0.2) is 4.79 Å². The van der Waals surface area contributed by atoms with Gasteiger partial charge in [0.25, 0.3) is 0 Å². The van der Waals surface area contributed by atoms with Crippen LogP contribution < -0.4 is 4.74 Å². The SMILES string of the molecule is C#CCOC(=O)c1ccc(OC(C)CCC(C)C(C)C)cc1. The second-order valence-electron chi connectivity index (χ2n) is 6.03. The maximum atomic E-state index is 11.6. The van der Waals surface area contributed by atoms with Crippen LogP contribution in [0.3, 0.4) is 0 Å². The van der Waals surface area contributed by atoms with Crippen molar-refractivity contribution in [2.24, 2.45) is 11.8 Å². The van der Waals surface area contributed by atoms with E-state index in [0.29, 0.717) is 17.4 Å². The van der Waals surface area contributed by atoms with Crippen molar-refractivity contribution < 1.29 is 14.3 Å². The summed E-state index contributed by atoms with van der Waals surface area (Å²) in [4.78, 5) is 11.6. The molecule has 120 valence electrons. The molecule has 0 aliphatic rings. The van der Waals surface area contributed by atoms with Gasteiger partial charge in [0.15, 0.2) is 6.61 Å². The van der Waals surface area contributed by atoms with Gasteiger partial charge in [0, 0.05) is 0 Å². The molecule has 0 heterocycles. The van der Waals surface area contributed by atoms with Gasteiger partial charge in [0.2, 0.25) is 0 Å². The zero-order valence-corrected chi connectivity index (χ0v) is 14.0. The number of benzene rings is 1. The van der Waals surface area contributed by atoms with Crippen molar-refractivity contribution in [3.63, 3.8) is 0 Å². The first kappa shape index (κ1) is 18.1. The van der Waals surface area contributed by atoms with Gasteiger partial charge in [-0.1, -0.05) is 26.7 Å². The average molecular weight is 302 g/mol. The minimum absolute atomic E-state index is 0.0118. The second-order valence-corrected chi connectivity index (χ2v) is 6.03. The smallest absolute Gasteiger partial charge is 0.339 e. The largest absolute Gasteiger partial charge is 0.491 e. The summed E-state index contributed by atoms with van der Waals surface area (Å²) >= 11 is 0. The molecule has 0 aromatic heterocycles. The van der Waals surface area contributed by atoms with Gasteiger partial charge in [0.1, 0.15) is 5.75 Å². The van der Waals surface area contributed by atoms with E-state index in [-0.39, 0.29) is 12.7 Å². The third kappa shape index (κ3) is 6.22. The average Bonchev–Trinajstić information content (AvgIpc) is 2.50. The van der Waals surface area contributed by atoms with Crippen molar-refractivity contribution in [3.8, 4) is 18.1 Å². The number of carbonyl (C=O) groups is 1. The Balaban J connectivity index is 2.47. The van der Waals surface area contributed by atoms with E-state index in [0.717, 1.165) is 18.6 Å². The topological polar surface area (TPSA) is 35.5 Å². The predicted molar refractivity (Wildman–Crippen MR) is 88.9 cm³/mol. The summed E-state index contributed by atoms with van der Waals surface area (Å²) in [5.41, 5.74) is 0.476. The van der Waals surface area contributed by atoms with Crippen LogP contribution in [0, 0.1) is 24.2 Å². The number of carbonyl (C=O) groups excluding carboxylic acids is 1. The number of rotatable bonds is 8. The second kappa shape index (κ2) is 9.15. The quantitative estimate of drug-likeness (QED) is 0.530. The van der Waals surface area contributed by atoms with Crippen LogP contribution in [0.25, 0.3) is 0 Å². The van der Waals surface area contributed by atoms with E-state index in [1.54, 1.807) is 24.3 Å². The molecule has 0 saturated heterocycles. The van der Waals surface area contributed by atoms with E-state index in [4.69, 9.17) is 15.9 Å². The zero-order chi connectivity index (χ0) is 16.5. The van der Waals surface area contributed by atoms with Gasteiger partial charge in [-0.3, -0.25) is 0 Å². The molecule has 2 unspecified atom stereocenters. The standard InChI is InChI=1S/C19H26O3/c1-6-13-21-19(20)17-9-11-18(12-10-17)22-16(5)8-7-15(4)14(2)3/h1,9-12,14-16H,7-8,13H2,2-5H3. The highest BCUT2D eigenvalue weighted by molar-refractivity contribution is 5.89. The van der Waals surface area contributed by atoms with Gasteiger partial charge in [-0.05, 0) is 55.9 Å². The molecule has 1 rings (SSSR count). The van der Waals surface area contributed by atoms with Crippen molar-refractivity contribution in [2.45, 2.75) is 46.6 Å². The van der Waals surface area contributed by atoms with E-state index in [9.17, 15) is 4.79 Å². The molecule has 0 saturated carbocycles. The van der Waals surface area contributed by atoms with Crippen molar-refractivity contribution in [2.75, 3.05) is 6.61 Å². The van der Waals surface area contributed by atoms with Crippen LogP contribution in [-0.4, -0.2) is 18.7 Å². The minimum Gasteiger partial charge on any atom is -0.491 e. The number of esters is 1. The zero-order valence-electron chi connectivity index (χ0n) is 14.0. The fraction of sp³-hybridized carbons (Fsp3) is 0.526. The number of hydrogen-bond donors (Lipinski definition) is 0. The van der Waals surface area contributed by atoms with Gasteiger partial charge in [0.05, 0.1) is 11.7 Å². The molecule has 0 aliphatic carbocycles. The van der Waals surface area contributed by atoms with Crippen LogP contribution in [0.5, 0.6) is 5.75 Å². The Morgan fingerprint density at radius 2 is 1.77 bits per heavy atom. The van der Waals surface area contributed by atoms with Crippen LogP contribution in [0.15, 0.2) is 24.3 Å². The summed E-state index contributed by atoms with van der Waals surface area (Å²) < 4.78 is 10.7. The number of hydrogen-bond acceptors (Lipinski definition) is 3. The van der Waals surface area contributed by atoms with Crippen LogP contribution in [0.1, 0.15) is 50.9 Å². The fourth-order valence-electron chi connectivity index (χ4n) is 1.98. The lowest BCUT2D eigenvalue weighted by Gasteiger charge is -2.19. The predicted octanol–water partition coefficient (Wildman–Crippen LogP) is 4.32. The molecule has 1 aromatic rings. The van der Waals surface area contributed by atoms with Gasteiger partial charge in [-0.2, -0.15) is 0 Å². The highest BCUT2D eigenvalue weighted by Crippen LogP contribution is 2.20. The van der Waals surface area contributed by atoms with Crippen molar-refractivity contribution >= 4 is 5.97 Å². The van der Waals surface area contributed by atoms with E-state index in [2.05, 4.69) is 33.6 Å². The number of terminal acetylenes is 1. The summed E-state index contributed by atoms with van der Waals surface area (Å²) in [6.45, 7) is 8.82. The molecule has 1 aromatic carbocycles. The number of ether oxygens (including phenoxy) is 2. The molecule has 0 amide bonds. The molecule has 0 spiro atoms. The van der Waals surface area contributed by atoms with Crippen LogP contribution in [0.2, 0.25) is 0 Å². The lowest BCUT2D eigenvalue weighted by atomic mass is 9.92. The first-order chi connectivity index (χ1) is 10.4.